The molecular weight excluding hydrogens is 296 g/mol. The lowest BCUT2D eigenvalue weighted by molar-refractivity contribution is -0.394. The molecule has 0 saturated heterocycles. The molecule has 0 fully saturated rings. The van der Waals surface area contributed by atoms with Gasteiger partial charge >= 0.3 is 11.9 Å². The second kappa shape index (κ2) is 5.53. The van der Waals surface area contributed by atoms with Crippen molar-refractivity contribution in [2.75, 3.05) is 6.61 Å². The Labute approximate surface area is 105 Å². The normalized spacial score (nSPS) is 10.0. The second-order valence-corrected chi connectivity index (χ2v) is 3.63. The SMILES string of the molecule is C=C(Cn1nc([N+](=O)[O-])nc1Br)C(=O)OCC. The van der Waals surface area contributed by atoms with Gasteiger partial charge in [-0.2, -0.15) is 4.68 Å². The van der Waals surface area contributed by atoms with Crippen LogP contribution in [0.3, 0.4) is 0 Å². The van der Waals surface area contributed by atoms with Gasteiger partial charge in [0.05, 0.1) is 18.7 Å². The molecule has 0 saturated carbocycles. The van der Waals surface area contributed by atoms with Crippen molar-refractivity contribution in [2.24, 2.45) is 0 Å². The number of carbonyl (C=O) groups is 1. The average Bonchev–Trinajstić information content (AvgIpc) is 2.61. The first-order valence-electron chi connectivity index (χ1n) is 4.55. The van der Waals surface area contributed by atoms with Gasteiger partial charge in [-0.25, -0.2) is 4.79 Å². The Hall–Kier alpha value is -1.77. The van der Waals surface area contributed by atoms with E-state index in [2.05, 4.69) is 32.6 Å². The molecule has 0 spiro atoms. The molecule has 0 aliphatic carbocycles. The van der Waals surface area contributed by atoms with Crippen LogP contribution in [0, 0.1) is 10.1 Å². The predicted molar refractivity (Wildman–Crippen MR) is 60.1 cm³/mol. The standard InChI is InChI=1S/C8H9BrN4O4/c1-3-17-6(14)5(2)4-12-7(9)10-8(11-12)13(15)16/h2-4H2,1H3. The molecule has 9 heteroatoms. The Morgan fingerprint density at radius 3 is 2.82 bits per heavy atom. The first-order chi connectivity index (χ1) is 7.95. The van der Waals surface area contributed by atoms with Crippen LogP contribution in [0.15, 0.2) is 16.9 Å². The van der Waals surface area contributed by atoms with E-state index in [9.17, 15) is 14.9 Å². The molecule has 8 nitrogen and oxygen atoms in total. The third-order valence-electron chi connectivity index (χ3n) is 1.68. The van der Waals surface area contributed by atoms with Crippen LogP contribution in [-0.4, -0.2) is 32.3 Å². The topological polar surface area (TPSA) is 100 Å². The Bertz CT molecular complexity index is 470. The highest BCUT2D eigenvalue weighted by Gasteiger charge is 2.21. The van der Waals surface area contributed by atoms with Crippen molar-refractivity contribution < 1.29 is 14.5 Å². The molecule has 1 heterocycles. The fourth-order valence-corrected chi connectivity index (χ4v) is 1.33. The number of hydrogen-bond donors (Lipinski definition) is 0. The molecule has 1 aromatic heterocycles. The highest BCUT2D eigenvalue weighted by Crippen LogP contribution is 2.13. The van der Waals surface area contributed by atoms with Crippen LogP contribution in [0.1, 0.15) is 6.92 Å². The van der Waals surface area contributed by atoms with Crippen LogP contribution >= 0.6 is 15.9 Å². The van der Waals surface area contributed by atoms with Crippen molar-refractivity contribution >= 4 is 27.8 Å². The molecule has 0 aliphatic heterocycles. The van der Waals surface area contributed by atoms with Gasteiger partial charge in [0, 0.05) is 21.0 Å². The molecule has 0 amide bonds. The number of aromatic nitrogens is 3. The quantitative estimate of drug-likeness (QED) is 0.349. The maximum atomic E-state index is 11.3. The van der Waals surface area contributed by atoms with E-state index in [1.807, 2.05) is 0 Å². The zero-order valence-corrected chi connectivity index (χ0v) is 10.5. The van der Waals surface area contributed by atoms with Crippen molar-refractivity contribution in [3.05, 3.63) is 27.0 Å². The summed E-state index contributed by atoms with van der Waals surface area (Å²) in [4.78, 5) is 24.5. The molecule has 0 aromatic carbocycles. The summed E-state index contributed by atoms with van der Waals surface area (Å²) < 4.78 is 6.02. The van der Waals surface area contributed by atoms with E-state index >= 15 is 0 Å². The van der Waals surface area contributed by atoms with Crippen LogP contribution in [0.4, 0.5) is 5.95 Å². The smallest absolute Gasteiger partial charge is 0.463 e. The van der Waals surface area contributed by atoms with Crippen molar-refractivity contribution in [1.82, 2.24) is 14.8 Å². The molecule has 1 aromatic rings. The predicted octanol–water partition coefficient (Wildman–Crippen LogP) is 1.07. The third kappa shape index (κ3) is 3.34. The molecule has 0 aliphatic rings. The third-order valence-corrected chi connectivity index (χ3v) is 2.27. The minimum Gasteiger partial charge on any atom is -0.463 e. The Balaban J connectivity index is 2.78. The molecule has 0 N–H and O–H groups in total. The van der Waals surface area contributed by atoms with E-state index in [0.717, 1.165) is 4.68 Å². The van der Waals surface area contributed by atoms with Crippen molar-refractivity contribution in [3.63, 3.8) is 0 Å². The van der Waals surface area contributed by atoms with E-state index in [4.69, 9.17) is 4.74 Å². The Morgan fingerprint density at radius 1 is 1.71 bits per heavy atom. The second-order valence-electron chi connectivity index (χ2n) is 2.92. The van der Waals surface area contributed by atoms with Gasteiger partial charge < -0.3 is 14.9 Å². The first-order valence-corrected chi connectivity index (χ1v) is 5.34. The summed E-state index contributed by atoms with van der Waals surface area (Å²) >= 11 is 2.99. The van der Waals surface area contributed by atoms with Gasteiger partial charge in [0.15, 0.2) is 0 Å². The highest BCUT2D eigenvalue weighted by molar-refractivity contribution is 9.10. The van der Waals surface area contributed by atoms with Crippen LogP contribution < -0.4 is 0 Å². The summed E-state index contributed by atoms with van der Waals surface area (Å²) in [7, 11) is 0. The first kappa shape index (κ1) is 13.3. The van der Waals surface area contributed by atoms with Crippen LogP contribution in [-0.2, 0) is 16.1 Å². The molecule has 0 atom stereocenters. The number of halogens is 1. The largest absolute Gasteiger partial charge is 0.492 e. The lowest BCUT2D eigenvalue weighted by Gasteiger charge is -2.03. The van der Waals surface area contributed by atoms with Crippen LogP contribution in [0.2, 0.25) is 0 Å². The summed E-state index contributed by atoms with van der Waals surface area (Å²) in [6.07, 6.45) is 0. The lowest BCUT2D eigenvalue weighted by atomic mass is 10.3. The van der Waals surface area contributed by atoms with Crippen molar-refractivity contribution in [1.29, 1.82) is 0 Å². The zero-order valence-electron chi connectivity index (χ0n) is 8.92. The number of carbonyl (C=O) groups excluding carboxylic acids is 1. The number of esters is 1. The summed E-state index contributed by atoms with van der Waals surface area (Å²) in [6, 6.07) is 0. The minimum absolute atomic E-state index is 0.0275. The maximum Gasteiger partial charge on any atom is 0.492 e. The average molecular weight is 305 g/mol. The fraction of sp³-hybridized carbons (Fsp3) is 0.375. The number of hydrogen-bond acceptors (Lipinski definition) is 6. The van der Waals surface area contributed by atoms with Gasteiger partial charge in [0.25, 0.3) is 4.73 Å². The van der Waals surface area contributed by atoms with Gasteiger partial charge in [-0.15, -0.1) is 0 Å². The van der Waals surface area contributed by atoms with Gasteiger partial charge in [0.1, 0.15) is 0 Å². The van der Waals surface area contributed by atoms with Crippen LogP contribution in [0.5, 0.6) is 0 Å². The summed E-state index contributed by atoms with van der Waals surface area (Å²) in [5, 5.41) is 14.0. The van der Waals surface area contributed by atoms with Crippen molar-refractivity contribution in [3.8, 4) is 0 Å². The highest BCUT2D eigenvalue weighted by atomic mass is 79.9. The summed E-state index contributed by atoms with van der Waals surface area (Å²) in [5.74, 6) is -1.12. The van der Waals surface area contributed by atoms with Crippen LogP contribution in [0.25, 0.3) is 0 Å². The summed E-state index contributed by atoms with van der Waals surface area (Å²) in [6.45, 7) is 5.38. The summed E-state index contributed by atoms with van der Waals surface area (Å²) in [5.41, 5.74) is 0.132. The van der Waals surface area contributed by atoms with E-state index in [1.165, 1.54) is 0 Å². The molecular formula is C8H9BrN4O4. The van der Waals surface area contributed by atoms with Gasteiger partial charge in [0.2, 0.25) is 0 Å². The molecule has 0 unspecified atom stereocenters. The lowest BCUT2D eigenvalue weighted by Crippen LogP contribution is -2.13. The molecule has 1 rings (SSSR count). The van der Waals surface area contributed by atoms with Gasteiger partial charge in [-0.1, -0.05) is 6.58 Å². The zero-order chi connectivity index (χ0) is 13.0. The number of nitrogens with zero attached hydrogens (tertiary/aromatic N) is 4. The molecule has 0 bridgehead atoms. The Kier molecular flexibility index (Phi) is 4.32. The van der Waals surface area contributed by atoms with Gasteiger partial charge in [-0.05, 0) is 16.8 Å². The molecule has 92 valence electrons. The molecule has 17 heavy (non-hydrogen) atoms. The number of ether oxygens (including phenoxy) is 1. The monoisotopic (exact) mass is 304 g/mol. The fourth-order valence-electron chi connectivity index (χ4n) is 0.968. The van der Waals surface area contributed by atoms with E-state index in [0.29, 0.717) is 0 Å². The molecule has 0 radical (unpaired) electrons. The van der Waals surface area contributed by atoms with Gasteiger partial charge in [-0.3, -0.25) is 0 Å². The number of rotatable bonds is 5. The Morgan fingerprint density at radius 2 is 2.35 bits per heavy atom. The number of nitro groups is 1. The van der Waals surface area contributed by atoms with E-state index in [-0.39, 0.29) is 23.5 Å². The van der Waals surface area contributed by atoms with Crippen molar-refractivity contribution in [2.45, 2.75) is 13.5 Å². The van der Waals surface area contributed by atoms with E-state index < -0.39 is 16.8 Å². The van der Waals surface area contributed by atoms with E-state index in [1.54, 1.807) is 6.92 Å². The minimum atomic E-state index is -0.728. The maximum absolute atomic E-state index is 11.3.